The summed E-state index contributed by atoms with van der Waals surface area (Å²) < 4.78 is 4.80. The molecule has 0 aliphatic heterocycles. The second-order valence-corrected chi connectivity index (χ2v) is 14.7. The van der Waals surface area contributed by atoms with Crippen LogP contribution in [0, 0.1) is 0 Å². The molecule has 0 aliphatic carbocycles. The van der Waals surface area contributed by atoms with Crippen LogP contribution in [-0.2, 0) is 0 Å². The van der Waals surface area contributed by atoms with E-state index < -0.39 is 0 Å². The molecule has 0 aliphatic rings. The lowest BCUT2D eigenvalue weighted by Gasteiger charge is -2.15. The first-order chi connectivity index (χ1) is 26.7. The van der Waals surface area contributed by atoms with Crippen molar-refractivity contribution in [2.24, 2.45) is 0 Å². The fourth-order valence-corrected chi connectivity index (χ4v) is 9.08. The van der Waals surface area contributed by atoms with Crippen LogP contribution in [0.15, 0.2) is 182 Å². The highest BCUT2D eigenvalue weighted by Crippen LogP contribution is 2.42. The maximum Gasteiger partial charge on any atom is 0.160 e. The minimum Gasteiger partial charge on any atom is -0.309 e. The molecule has 11 rings (SSSR count). The van der Waals surface area contributed by atoms with Gasteiger partial charge in [0.2, 0.25) is 0 Å². The van der Waals surface area contributed by atoms with Gasteiger partial charge in [-0.3, -0.25) is 4.98 Å². The van der Waals surface area contributed by atoms with Crippen LogP contribution in [0.3, 0.4) is 0 Å². The maximum atomic E-state index is 5.36. The zero-order valence-corrected chi connectivity index (χ0v) is 29.8. The highest BCUT2D eigenvalue weighted by Gasteiger charge is 2.19. The van der Waals surface area contributed by atoms with Crippen molar-refractivity contribution in [3.63, 3.8) is 0 Å². The third-order valence-corrected chi connectivity index (χ3v) is 11.6. The Morgan fingerprint density at radius 1 is 0.444 bits per heavy atom. The van der Waals surface area contributed by atoms with Gasteiger partial charge in [0.05, 0.1) is 32.6 Å². The standard InChI is InChI=1S/C49H30N4S/c1-2-13-32(14-3-1)42-30-43(52-49(51-42)34-23-22-31-12-4-5-15-33(31)26-34)36-27-35(38-24-25-50-47-41-18-8-11-21-46(41)54-48(38)47)28-37(29-36)53-44-19-9-6-16-39(44)40-17-7-10-20-45(40)53/h1-30H. The van der Waals surface area contributed by atoms with Gasteiger partial charge in [-0.1, -0.05) is 121 Å². The van der Waals surface area contributed by atoms with E-state index in [1.807, 2.05) is 12.3 Å². The molecule has 4 aromatic heterocycles. The molecule has 0 atom stereocenters. The summed E-state index contributed by atoms with van der Waals surface area (Å²) in [5, 5.41) is 5.98. The molecule has 0 bridgehead atoms. The third kappa shape index (κ3) is 5.01. The maximum absolute atomic E-state index is 5.36. The average Bonchev–Trinajstić information content (AvgIpc) is 3.80. The van der Waals surface area contributed by atoms with Crippen LogP contribution in [0.2, 0.25) is 0 Å². The summed E-state index contributed by atoms with van der Waals surface area (Å²) in [7, 11) is 0. The summed E-state index contributed by atoms with van der Waals surface area (Å²) in [6, 6.07) is 62.4. The van der Waals surface area contributed by atoms with Crippen molar-refractivity contribution >= 4 is 64.2 Å². The van der Waals surface area contributed by atoms with Gasteiger partial charge in [0.25, 0.3) is 0 Å². The number of thiophene rings is 1. The van der Waals surface area contributed by atoms with Gasteiger partial charge in [-0.05, 0) is 70.9 Å². The first kappa shape index (κ1) is 30.7. The van der Waals surface area contributed by atoms with Crippen molar-refractivity contribution in [1.29, 1.82) is 0 Å². The Bertz CT molecular complexity index is 3180. The lowest BCUT2D eigenvalue weighted by atomic mass is 9.99. The van der Waals surface area contributed by atoms with E-state index in [0.29, 0.717) is 5.82 Å². The van der Waals surface area contributed by atoms with Gasteiger partial charge in [0.15, 0.2) is 5.82 Å². The van der Waals surface area contributed by atoms with Gasteiger partial charge in [-0.2, -0.15) is 0 Å². The minimum atomic E-state index is 0.691. The number of hydrogen-bond acceptors (Lipinski definition) is 4. The Morgan fingerprint density at radius 2 is 1.09 bits per heavy atom. The molecule has 4 nitrogen and oxygen atoms in total. The Balaban J connectivity index is 1.21. The number of hydrogen-bond donors (Lipinski definition) is 0. The molecule has 0 unspecified atom stereocenters. The highest BCUT2D eigenvalue weighted by molar-refractivity contribution is 7.26. The van der Waals surface area contributed by atoms with Gasteiger partial charge in [-0.25, -0.2) is 9.97 Å². The molecule has 5 heteroatoms. The molecule has 4 heterocycles. The largest absolute Gasteiger partial charge is 0.309 e. The summed E-state index contributed by atoms with van der Waals surface area (Å²) in [4.78, 5) is 15.4. The Labute approximate surface area is 315 Å². The van der Waals surface area contributed by atoms with Crippen molar-refractivity contribution < 1.29 is 0 Å². The van der Waals surface area contributed by atoms with E-state index in [-0.39, 0.29) is 0 Å². The van der Waals surface area contributed by atoms with Gasteiger partial charge in [0, 0.05) is 55.0 Å². The molecular formula is C49H30N4S. The smallest absolute Gasteiger partial charge is 0.160 e. The van der Waals surface area contributed by atoms with Crippen molar-refractivity contribution in [3.8, 4) is 50.7 Å². The zero-order chi connectivity index (χ0) is 35.6. The van der Waals surface area contributed by atoms with Crippen LogP contribution in [-0.4, -0.2) is 19.5 Å². The molecule has 252 valence electrons. The number of pyridine rings is 1. The quantitative estimate of drug-likeness (QED) is 0.179. The molecule has 7 aromatic carbocycles. The number of para-hydroxylation sites is 2. The van der Waals surface area contributed by atoms with Gasteiger partial charge in [0.1, 0.15) is 0 Å². The Morgan fingerprint density at radius 3 is 1.89 bits per heavy atom. The first-order valence-corrected chi connectivity index (χ1v) is 18.9. The number of rotatable bonds is 5. The fourth-order valence-electron chi connectivity index (χ4n) is 7.89. The van der Waals surface area contributed by atoms with Gasteiger partial charge < -0.3 is 4.57 Å². The molecule has 54 heavy (non-hydrogen) atoms. The van der Waals surface area contributed by atoms with E-state index in [1.54, 1.807) is 11.3 Å². The first-order valence-electron chi connectivity index (χ1n) is 18.1. The SMILES string of the molecule is c1ccc(-c2cc(-c3cc(-c4ccnc5c4sc4ccccc45)cc(-n4c5ccccc5c5ccccc54)c3)nc(-c3ccc4ccccc4c3)n2)cc1. The molecule has 0 spiro atoms. The summed E-state index contributed by atoms with van der Waals surface area (Å²) in [6.07, 6.45) is 1.94. The molecule has 11 aromatic rings. The van der Waals surface area contributed by atoms with Crippen LogP contribution in [0.4, 0.5) is 0 Å². The van der Waals surface area contributed by atoms with Crippen LogP contribution in [0.5, 0.6) is 0 Å². The minimum absolute atomic E-state index is 0.691. The van der Waals surface area contributed by atoms with E-state index >= 15 is 0 Å². The number of aromatic nitrogens is 4. The topological polar surface area (TPSA) is 43.6 Å². The van der Waals surface area contributed by atoms with Crippen molar-refractivity contribution in [2.45, 2.75) is 0 Å². The molecule has 0 fully saturated rings. The van der Waals surface area contributed by atoms with Crippen molar-refractivity contribution in [3.05, 3.63) is 182 Å². The van der Waals surface area contributed by atoms with E-state index in [0.717, 1.165) is 66.8 Å². The third-order valence-electron chi connectivity index (χ3n) is 10.4. The van der Waals surface area contributed by atoms with Crippen LogP contribution >= 0.6 is 11.3 Å². The van der Waals surface area contributed by atoms with E-state index in [2.05, 4.69) is 174 Å². The predicted molar refractivity (Wildman–Crippen MR) is 226 cm³/mol. The molecule has 0 amide bonds. The number of fused-ring (bicyclic) bond motifs is 7. The lowest BCUT2D eigenvalue weighted by molar-refractivity contribution is 1.17. The molecular weight excluding hydrogens is 677 g/mol. The second-order valence-electron chi connectivity index (χ2n) is 13.7. The average molecular weight is 707 g/mol. The molecule has 0 saturated heterocycles. The Kier molecular flexibility index (Phi) is 7.00. The molecule has 0 N–H and O–H groups in total. The van der Waals surface area contributed by atoms with Crippen LogP contribution < -0.4 is 0 Å². The normalized spacial score (nSPS) is 11.7. The monoisotopic (exact) mass is 706 g/mol. The summed E-state index contributed by atoms with van der Waals surface area (Å²) in [6.45, 7) is 0. The van der Waals surface area contributed by atoms with E-state index in [9.17, 15) is 0 Å². The molecule has 0 saturated carbocycles. The predicted octanol–water partition coefficient (Wildman–Crippen LogP) is 13.2. The summed E-state index contributed by atoms with van der Waals surface area (Å²) >= 11 is 1.80. The van der Waals surface area contributed by atoms with E-state index in [4.69, 9.17) is 15.0 Å². The highest BCUT2D eigenvalue weighted by atomic mass is 32.1. The number of nitrogens with zero attached hydrogens (tertiary/aromatic N) is 4. The fraction of sp³-hybridized carbons (Fsp3) is 0. The number of benzene rings is 7. The second kappa shape index (κ2) is 12.3. The molecule has 0 radical (unpaired) electrons. The van der Waals surface area contributed by atoms with Gasteiger partial charge in [-0.15, -0.1) is 11.3 Å². The van der Waals surface area contributed by atoms with Crippen molar-refractivity contribution in [2.75, 3.05) is 0 Å². The zero-order valence-electron chi connectivity index (χ0n) is 29.0. The van der Waals surface area contributed by atoms with Crippen LogP contribution in [0.25, 0.3) is 104 Å². The van der Waals surface area contributed by atoms with Crippen LogP contribution in [0.1, 0.15) is 0 Å². The summed E-state index contributed by atoms with van der Waals surface area (Å²) in [5.41, 5.74) is 11.4. The van der Waals surface area contributed by atoms with E-state index in [1.165, 1.54) is 30.9 Å². The van der Waals surface area contributed by atoms with Crippen molar-refractivity contribution in [1.82, 2.24) is 19.5 Å². The van der Waals surface area contributed by atoms with Gasteiger partial charge >= 0.3 is 0 Å². The lowest BCUT2D eigenvalue weighted by Crippen LogP contribution is -1.99. The summed E-state index contributed by atoms with van der Waals surface area (Å²) in [5.74, 6) is 0.691. The Hall–Kier alpha value is -6.95.